The molecule has 3 rings (SSSR count). The predicted molar refractivity (Wildman–Crippen MR) is 101 cm³/mol. The van der Waals surface area contributed by atoms with Crippen molar-refractivity contribution in [3.63, 3.8) is 0 Å². The minimum absolute atomic E-state index is 0.0925. The number of hydrogen-bond donors (Lipinski definition) is 0. The van der Waals surface area contributed by atoms with Crippen LogP contribution in [0.1, 0.15) is 34.7 Å². The van der Waals surface area contributed by atoms with E-state index in [4.69, 9.17) is 23.2 Å². The van der Waals surface area contributed by atoms with Crippen molar-refractivity contribution in [2.45, 2.75) is 25.3 Å². The van der Waals surface area contributed by atoms with Gasteiger partial charge in [-0.2, -0.15) is 0 Å². The molecule has 1 amide bonds. The van der Waals surface area contributed by atoms with Gasteiger partial charge < -0.3 is 9.47 Å². The Bertz CT molecular complexity index is 892. The van der Waals surface area contributed by atoms with Crippen molar-refractivity contribution < 1.29 is 13.6 Å². The van der Waals surface area contributed by atoms with Crippen LogP contribution >= 0.6 is 23.2 Å². The van der Waals surface area contributed by atoms with E-state index in [1.807, 2.05) is 0 Å². The number of halogens is 4. The second kappa shape index (κ2) is 8.40. The zero-order valence-electron chi connectivity index (χ0n) is 14.4. The number of piperidine rings is 1. The molecule has 1 aliphatic rings. The highest BCUT2D eigenvalue weighted by atomic mass is 35.5. The minimum atomic E-state index is -0.755. The maximum absolute atomic E-state index is 13.1. The first-order valence-corrected chi connectivity index (χ1v) is 9.37. The van der Waals surface area contributed by atoms with Gasteiger partial charge in [0.2, 0.25) is 0 Å². The zero-order chi connectivity index (χ0) is 19.6. The molecule has 0 N–H and O–H groups in total. The summed E-state index contributed by atoms with van der Waals surface area (Å²) < 4.78 is 26.8. The van der Waals surface area contributed by atoms with Gasteiger partial charge in [0.15, 0.2) is 0 Å². The van der Waals surface area contributed by atoms with Gasteiger partial charge >= 0.3 is 0 Å². The Labute approximate surface area is 165 Å². The maximum atomic E-state index is 13.1. The average Bonchev–Trinajstić information content (AvgIpc) is 2.69. The smallest absolute Gasteiger partial charge is 0.270 e. The molecule has 1 aromatic heterocycles. The fourth-order valence-corrected chi connectivity index (χ4v) is 3.76. The van der Waals surface area contributed by atoms with Crippen molar-refractivity contribution in [2.75, 3.05) is 19.8 Å². The molecule has 0 spiro atoms. The number of benzene rings is 1. The van der Waals surface area contributed by atoms with Crippen molar-refractivity contribution in [2.24, 2.45) is 0 Å². The highest BCUT2D eigenvalue weighted by Crippen LogP contribution is 2.30. The summed E-state index contributed by atoms with van der Waals surface area (Å²) in [5, 5.41) is -0.389. The third kappa shape index (κ3) is 4.17. The number of aromatic nitrogens is 1. The lowest BCUT2D eigenvalue weighted by Crippen LogP contribution is -2.38. The normalized spacial score (nSPS) is 15.2. The molecule has 8 heteroatoms. The summed E-state index contributed by atoms with van der Waals surface area (Å²) in [5.74, 6) is -0.373. The van der Waals surface area contributed by atoms with Gasteiger partial charge in [-0.1, -0.05) is 35.3 Å². The monoisotopic (exact) mass is 414 g/mol. The highest BCUT2D eigenvalue weighted by molar-refractivity contribution is 6.43. The number of alkyl halides is 1. The van der Waals surface area contributed by atoms with E-state index in [9.17, 15) is 18.4 Å². The molecule has 1 saturated heterocycles. The number of rotatable bonds is 4. The summed E-state index contributed by atoms with van der Waals surface area (Å²) in [6.45, 7) is 0.0470. The molecule has 0 radical (unpaired) electrons. The molecule has 0 saturated carbocycles. The number of aryl methyl sites for hydroxylation is 1. The second-order valence-corrected chi connectivity index (χ2v) is 7.23. The van der Waals surface area contributed by atoms with E-state index < -0.39 is 12.2 Å². The van der Waals surface area contributed by atoms with E-state index in [1.54, 1.807) is 17.0 Å². The van der Waals surface area contributed by atoms with Gasteiger partial charge in [0.05, 0.1) is 17.1 Å². The maximum Gasteiger partial charge on any atom is 0.270 e. The zero-order valence-corrected chi connectivity index (χ0v) is 15.9. The topological polar surface area (TPSA) is 42.3 Å². The third-order valence-corrected chi connectivity index (χ3v) is 5.68. The SMILES string of the molecule is O=C(c1cn(CCF)c(=O)c(Cl)c1Cl)N1CCC(c2ccc(F)cc2)CC1. The lowest BCUT2D eigenvalue weighted by molar-refractivity contribution is 0.0712. The van der Waals surface area contributed by atoms with Crippen LogP contribution in [0.4, 0.5) is 8.78 Å². The van der Waals surface area contributed by atoms with Gasteiger partial charge in [-0.25, -0.2) is 8.78 Å². The minimum Gasteiger partial charge on any atom is -0.339 e. The number of likely N-dealkylation sites (tertiary alicyclic amines) is 1. The average molecular weight is 415 g/mol. The van der Waals surface area contributed by atoms with Crippen LogP contribution in [-0.2, 0) is 6.54 Å². The summed E-state index contributed by atoms with van der Waals surface area (Å²) in [4.78, 5) is 26.5. The first-order valence-electron chi connectivity index (χ1n) is 8.61. The number of amides is 1. The van der Waals surface area contributed by atoms with Crippen LogP contribution in [0.5, 0.6) is 0 Å². The largest absolute Gasteiger partial charge is 0.339 e. The van der Waals surface area contributed by atoms with Crippen LogP contribution in [0.2, 0.25) is 10.0 Å². The second-order valence-electron chi connectivity index (χ2n) is 6.48. The van der Waals surface area contributed by atoms with Crippen LogP contribution in [0.3, 0.4) is 0 Å². The number of hydrogen-bond acceptors (Lipinski definition) is 2. The summed E-state index contributed by atoms with van der Waals surface area (Å²) in [6.07, 6.45) is 2.73. The Morgan fingerprint density at radius 2 is 1.74 bits per heavy atom. The van der Waals surface area contributed by atoms with Crippen molar-refractivity contribution in [1.82, 2.24) is 9.47 Å². The molecule has 144 valence electrons. The Kier molecular flexibility index (Phi) is 6.17. The molecule has 0 aliphatic carbocycles. The number of carbonyl (C=O) groups is 1. The lowest BCUT2D eigenvalue weighted by Gasteiger charge is -2.32. The summed E-state index contributed by atoms with van der Waals surface area (Å²) in [5.41, 5.74) is 0.516. The number of nitrogens with zero attached hydrogens (tertiary/aromatic N) is 2. The number of carbonyl (C=O) groups excluding carboxylic acids is 1. The molecule has 1 fully saturated rings. The molecular formula is C19H18Cl2F2N2O2. The Morgan fingerprint density at radius 3 is 2.33 bits per heavy atom. The first kappa shape index (κ1) is 19.8. The molecule has 1 aromatic carbocycles. The van der Waals surface area contributed by atoms with Gasteiger partial charge in [0.1, 0.15) is 17.5 Å². The Hall–Kier alpha value is -1.92. The Balaban J connectivity index is 1.76. The van der Waals surface area contributed by atoms with Gasteiger partial charge in [0.25, 0.3) is 11.5 Å². The summed E-state index contributed by atoms with van der Waals surface area (Å²) >= 11 is 12.0. The molecule has 0 unspecified atom stereocenters. The fraction of sp³-hybridized carbons (Fsp3) is 0.368. The first-order chi connectivity index (χ1) is 12.9. The van der Waals surface area contributed by atoms with E-state index in [-0.39, 0.29) is 39.8 Å². The molecule has 0 atom stereocenters. The van der Waals surface area contributed by atoms with Crippen LogP contribution < -0.4 is 5.56 Å². The standard InChI is InChI=1S/C19H18Cl2F2N2O2/c20-16-15(11-25(10-7-22)19(27)17(16)21)18(26)24-8-5-13(6-9-24)12-1-3-14(23)4-2-12/h1-4,11,13H,5-10H2. The molecule has 27 heavy (non-hydrogen) atoms. The molecule has 2 aromatic rings. The molecule has 0 bridgehead atoms. The lowest BCUT2D eigenvalue weighted by atomic mass is 9.89. The van der Waals surface area contributed by atoms with Gasteiger partial charge in [-0.05, 0) is 36.5 Å². The van der Waals surface area contributed by atoms with Crippen LogP contribution in [0.25, 0.3) is 0 Å². The third-order valence-electron chi connectivity index (χ3n) is 4.84. The van der Waals surface area contributed by atoms with Crippen molar-refractivity contribution in [3.05, 3.63) is 67.8 Å². The molecule has 2 heterocycles. The van der Waals surface area contributed by atoms with Crippen molar-refractivity contribution >= 4 is 29.1 Å². The summed E-state index contributed by atoms with van der Waals surface area (Å²) in [7, 11) is 0. The van der Waals surface area contributed by atoms with Gasteiger partial charge in [-0.15, -0.1) is 0 Å². The van der Waals surface area contributed by atoms with Crippen molar-refractivity contribution in [1.29, 1.82) is 0 Å². The number of pyridine rings is 1. The van der Waals surface area contributed by atoms with Crippen molar-refractivity contribution in [3.8, 4) is 0 Å². The van der Waals surface area contributed by atoms with E-state index >= 15 is 0 Å². The van der Waals surface area contributed by atoms with Gasteiger partial charge in [-0.3, -0.25) is 9.59 Å². The summed E-state index contributed by atoms with van der Waals surface area (Å²) in [6, 6.07) is 6.40. The van der Waals surface area contributed by atoms with E-state index in [1.165, 1.54) is 18.3 Å². The molecule has 1 aliphatic heterocycles. The van der Waals surface area contributed by atoms with Crippen LogP contribution in [-0.4, -0.2) is 35.1 Å². The van der Waals surface area contributed by atoms with E-state index in [0.717, 1.165) is 23.0 Å². The molecule has 4 nitrogen and oxygen atoms in total. The van der Waals surface area contributed by atoms with Gasteiger partial charge in [0, 0.05) is 19.3 Å². The van der Waals surface area contributed by atoms with Crippen LogP contribution in [0, 0.1) is 5.82 Å². The fourth-order valence-electron chi connectivity index (χ4n) is 3.34. The Morgan fingerprint density at radius 1 is 1.11 bits per heavy atom. The quantitative estimate of drug-likeness (QED) is 0.748. The van der Waals surface area contributed by atoms with Crippen LogP contribution in [0.15, 0.2) is 35.3 Å². The predicted octanol–water partition coefficient (Wildman–Crippen LogP) is 4.28. The molecular weight excluding hydrogens is 397 g/mol. The highest BCUT2D eigenvalue weighted by Gasteiger charge is 2.27. The van der Waals surface area contributed by atoms with E-state index in [0.29, 0.717) is 13.1 Å². The van der Waals surface area contributed by atoms with E-state index in [2.05, 4.69) is 0 Å².